The number of nitrogens with zero attached hydrogens (tertiary/aromatic N) is 4. The fourth-order valence-corrected chi connectivity index (χ4v) is 3.95. The molecule has 0 radical (unpaired) electrons. The number of carbonyl (C=O) groups is 1. The Bertz CT molecular complexity index is 1220. The number of aromatic nitrogens is 3. The standard InChI is InChI=1S/C25H27F2N5O/c1-6-32-12-18-15(24(32)33)7-8-28-23(18)31-14(2)16-9-20(27)17(10-19(16)26)21-11-22(25(3,4)5)30-13-29-21/h7-11,13-14H,6,12H2,1-5H3,(H,28,31). The molecule has 33 heavy (non-hydrogen) atoms. The maximum absolute atomic E-state index is 15.1. The van der Waals surface area contributed by atoms with Gasteiger partial charge in [0.25, 0.3) is 5.91 Å². The van der Waals surface area contributed by atoms with E-state index in [4.69, 9.17) is 0 Å². The predicted molar refractivity (Wildman–Crippen MR) is 123 cm³/mol. The van der Waals surface area contributed by atoms with Gasteiger partial charge in [0.2, 0.25) is 0 Å². The summed E-state index contributed by atoms with van der Waals surface area (Å²) < 4.78 is 30.2. The molecule has 6 nitrogen and oxygen atoms in total. The number of anilines is 1. The molecule has 0 bridgehead atoms. The lowest BCUT2D eigenvalue weighted by Gasteiger charge is -2.20. The molecular weight excluding hydrogens is 424 g/mol. The van der Waals surface area contributed by atoms with Crippen LogP contribution in [0.2, 0.25) is 0 Å². The zero-order chi connectivity index (χ0) is 23.9. The van der Waals surface area contributed by atoms with Crippen molar-refractivity contribution in [2.45, 2.75) is 52.6 Å². The number of pyridine rings is 1. The number of amides is 1. The van der Waals surface area contributed by atoms with E-state index in [-0.39, 0.29) is 22.4 Å². The lowest BCUT2D eigenvalue weighted by molar-refractivity contribution is 0.0787. The Morgan fingerprint density at radius 3 is 2.55 bits per heavy atom. The van der Waals surface area contributed by atoms with E-state index < -0.39 is 17.7 Å². The molecule has 1 aliphatic rings. The number of nitrogens with one attached hydrogen (secondary N) is 1. The van der Waals surface area contributed by atoms with E-state index in [0.717, 1.165) is 11.3 Å². The summed E-state index contributed by atoms with van der Waals surface area (Å²) in [4.78, 5) is 26.9. The predicted octanol–water partition coefficient (Wildman–Crippen LogP) is 5.26. The summed E-state index contributed by atoms with van der Waals surface area (Å²) in [5.74, 6) is -0.677. The third kappa shape index (κ3) is 4.29. The van der Waals surface area contributed by atoms with Gasteiger partial charge in [0, 0.05) is 46.1 Å². The van der Waals surface area contributed by atoms with E-state index in [2.05, 4.69) is 20.3 Å². The van der Waals surface area contributed by atoms with Crippen molar-refractivity contribution in [3.05, 3.63) is 70.8 Å². The minimum Gasteiger partial charge on any atom is -0.363 e. The van der Waals surface area contributed by atoms with Crippen LogP contribution in [-0.4, -0.2) is 32.3 Å². The van der Waals surface area contributed by atoms with Crippen LogP contribution in [0.4, 0.5) is 14.6 Å². The molecule has 1 atom stereocenters. The Morgan fingerprint density at radius 2 is 1.85 bits per heavy atom. The summed E-state index contributed by atoms with van der Waals surface area (Å²) >= 11 is 0. The zero-order valence-corrected chi connectivity index (χ0v) is 19.4. The van der Waals surface area contributed by atoms with E-state index in [1.165, 1.54) is 18.5 Å². The maximum atomic E-state index is 15.1. The second kappa shape index (κ2) is 8.50. The van der Waals surface area contributed by atoms with Crippen LogP contribution in [-0.2, 0) is 12.0 Å². The van der Waals surface area contributed by atoms with Crippen LogP contribution in [0.5, 0.6) is 0 Å². The largest absolute Gasteiger partial charge is 0.363 e. The zero-order valence-electron chi connectivity index (χ0n) is 19.4. The molecule has 172 valence electrons. The van der Waals surface area contributed by atoms with Gasteiger partial charge in [0.05, 0.1) is 18.3 Å². The molecule has 1 aliphatic heterocycles. The molecule has 1 unspecified atom stereocenters. The monoisotopic (exact) mass is 451 g/mol. The lowest BCUT2D eigenvalue weighted by Crippen LogP contribution is -2.22. The molecule has 1 aromatic carbocycles. The summed E-state index contributed by atoms with van der Waals surface area (Å²) in [5, 5.41) is 3.16. The van der Waals surface area contributed by atoms with Crippen molar-refractivity contribution in [3.63, 3.8) is 0 Å². The quantitative estimate of drug-likeness (QED) is 0.573. The highest BCUT2D eigenvalue weighted by molar-refractivity contribution is 5.99. The molecule has 1 amide bonds. The number of fused-ring (bicyclic) bond motifs is 1. The van der Waals surface area contributed by atoms with Gasteiger partial charge in [-0.05, 0) is 38.1 Å². The molecule has 8 heteroatoms. The van der Waals surface area contributed by atoms with Crippen molar-refractivity contribution in [2.75, 3.05) is 11.9 Å². The van der Waals surface area contributed by atoms with E-state index in [9.17, 15) is 4.79 Å². The summed E-state index contributed by atoms with van der Waals surface area (Å²) in [6.45, 7) is 10.7. The van der Waals surface area contributed by atoms with Gasteiger partial charge in [-0.2, -0.15) is 0 Å². The lowest BCUT2D eigenvalue weighted by atomic mass is 9.91. The third-order valence-electron chi connectivity index (χ3n) is 5.92. The molecule has 0 saturated heterocycles. The Balaban J connectivity index is 1.64. The Hall–Kier alpha value is -3.42. The van der Waals surface area contributed by atoms with Crippen molar-refractivity contribution in [1.29, 1.82) is 0 Å². The van der Waals surface area contributed by atoms with Gasteiger partial charge in [0.15, 0.2) is 0 Å². The normalized spacial score (nSPS) is 14.4. The molecule has 0 aliphatic carbocycles. The first-order valence-corrected chi connectivity index (χ1v) is 11.0. The van der Waals surface area contributed by atoms with Crippen LogP contribution in [0, 0.1) is 11.6 Å². The summed E-state index contributed by atoms with van der Waals surface area (Å²) in [7, 11) is 0. The Labute approximate surface area is 192 Å². The van der Waals surface area contributed by atoms with Gasteiger partial charge < -0.3 is 10.2 Å². The Morgan fingerprint density at radius 1 is 1.09 bits per heavy atom. The SMILES string of the molecule is CCN1Cc2c(ccnc2NC(C)c2cc(F)c(-c3cc(C(C)(C)C)ncn3)cc2F)C1=O. The van der Waals surface area contributed by atoms with E-state index in [1.807, 2.05) is 27.7 Å². The topological polar surface area (TPSA) is 71.0 Å². The van der Waals surface area contributed by atoms with Crippen LogP contribution >= 0.6 is 0 Å². The molecule has 2 aromatic heterocycles. The van der Waals surface area contributed by atoms with E-state index in [0.29, 0.717) is 30.2 Å². The van der Waals surface area contributed by atoms with Gasteiger partial charge in [-0.3, -0.25) is 4.79 Å². The number of hydrogen-bond donors (Lipinski definition) is 1. The van der Waals surface area contributed by atoms with Gasteiger partial charge in [0.1, 0.15) is 23.8 Å². The number of halogens is 2. The summed E-state index contributed by atoms with van der Waals surface area (Å²) in [6.07, 6.45) is 2.92. The number of rotatable bonds is 5. The minimum atomic E-state index is -0.575. The highest BCUT2D eigenvalue weighted by atomic mass is 19.1. The number of benzene rings is 1. The number of carbonyl (C=O) groups excluding carboxylic acids is 1. The third-order valence-corrected chi connectivity index (χ3v) is 5.92. The minimum absolute atomic E-state index is 0.0494. The van der Waals surface area contributed by atoms with Crippen molar-refractivity contribution < 1.29 is 13.6 Å². The highest BCUT2D eigenvalue weighted by Gasteiger charge is 2.29. The average molecular weight is 452 g/mol. The molecule has 3 heterocycles. The first kappa shape index (κ1) is 22.8. The van der Waals surface area contributed by atoms with E-state index in [1.54, 1.807) is 30.2 Å². The molecule has 0 fully saturated rings. The highest BCUT2D eigenvalue weighted by Crippen LogP contribution is 2.33. The van der Waals surface area contributed by atoms with Crippen LogP contribution in [0.15, 0.2) is 36.8 Å². The number of hydrogen-bond acceptors (Lipinski definition) is 5. The Kier molecular flexibility index (Phi) is 5.86. The molecule has 1 N–H and O–H groups in total. The van der Waals surface area contributed by atoms with Gasteiger partial charge >= 0.3 is 0 Å². The van der Waals surface area contributed by atoms with Crippen LogP contribution < -0.4 is 5.32 Å². The van der Waals surface area contributed by atoms with Gasteiger partial charge in [-0.15, -0.1) is 0 Å². The van der Waals surface area contributed by atoms with Gasteiger partial charge in [-0.1, -0.05) is 20.8 Å². The molecular formula is C25H27F2N5O. The molecule has 4 rings (SSSR count). The maximum Gasteiger partial charge on any atom is 0.254 e. The molecule has 0 saturated carbocycles. The fraction of sp³-hybridized carbons (Fsp3) is 0.360. The van der Waals surface area contributed by atoms with Crippen molar-refractivity contribution in [1.82, 2.24) is 19.9 Å². The van der Waals surface area contributed by atoms with Crippen molar-refractivity contribution >= 4 is 11.7 Å². The second-order valence-electron chi connectivity index (χ2n) is 9.26. The van der Waals surface area contributed by atoms with Crippen LogP contribution in [0.3, 0.4) is 0 Å². The smallest absolute Gasteiger partial charge is 0.254 e. The van der Waals surface area contributed by atoms with Crippen LogP contribution in [0.1, 0.15) is 67.8 Å². The van der Waals surface area contributed by atoms with Crippen LogP contribution in [0.25, 0.3) is 11.3 Å². The van der Waals surface area contributed by atoms with Gasteiger partial charge in [-0.25, -0.2) is 23.7 Å². The average Bonchev–Trinajstić information content (AvgIpc) is 3.11. The first-order chi connectivity index (χ1) is 15.6. The summed E-state index contributed by atoms with van der Waals surface area (Å²) in [5.41, 5.74) is 2.43. The molecule has 3 aromatic rings. The van der Waals surface area contributed by atoms with E-state index >= 15 is 8.78 Å². The second-order valence-corrected chi connectivity index (χ2v) is 9.26. The van der Waals surface area contributed by atoms with Crippen molar-refractivity contribution in [2.24, 2.45) is 0 Å². The molecule has 0 spiro atoms. The van der Waals surface area contributed by atoms with Crippen molar-refractivity contribution in [3.8, 4) is 11.3 Å². The fourth-order valence-electron chi connectivity index (χ4n) is 3.95. The first-order valence-electron chi connectivity index (χ1n) is 11.0. The summed E-state index contributed by atoms with van der Waals surface area (Å²) in [6, 6.07) is 5.16.